The highest BCUT2D eigenvalue weighted by atomic mass is 32.1. The van der Waals surface area contributed by atoms with Crippen LogP contribution in [0.1, 0.15) is 11.1 Å². The number of aryl methyl sites for hydroxylation is 1. The molecule has 1 heterocycles. The number of nitrogen functional groups attached to an aromatic ring is 1. The van der Waals surface area contributed by atoms with Crippen molar-refractivity contribution in [3.05, 3.63) is 35.5 Å². The molecule has 0 fully saturated rings. The van der Waals surface area contributed by atoms with E-state index in [0.29, 0.717) is 10.6 Å². The first-order valence-electron chi connectivity index (χ1n) is 4.68. The molecular formula is C11H10N4S. The SMILES string of the molecule is Cc1ccc(C#N)cc1Nc1ncc(N)s1. The number of benzene rings is 1. The maximum Gasteiger partial charge on any atom is 0.189 e. The summed E-state index contributed by atoms with van der Waals surface area (Å²) in [6.07, 6.45) is 1.61. The van der Waals surface area contributed by atoms with E-state index in [1.54, 1.807) is 18.3 Å². The lowest BCUT2D eigenvalue weighted by Gasteiger charge is -2.06. The number of nitriles is 1. The van der Waals surface area contributed by atoms with Crippen molar-refractivity contribution < 1.29 is 0 Å². The number of hydrogen-bond acceptors (Lipinski definition) is 5. The zero-order valence-corrected chi connectivity index (χ0v) is 9.51. The van der Waals surface area contributed by atoms with E-state index < -0.39 is 0 Å². The Morgan fingerprint density at radius 2 is 2.31 bits per heavy atom. The highest BCUT2D eigenvalue weighted by Gasteiger charge is 2.03. The molecule has 0 amide bonds. The Balaban J connectivity index is 2.30. The predicted octanol–water partition coefficient (Wildman–Crippen LogP) is 2.65. The molecule has 0 saturated heterocycles. The number of nitrogens with one attached hydrogen (secondary N) is 1. The van der Waals surface area contributed by atoms with Crippen LogP contribution in [0.15, 0.2) is 24.4 Å². The Hall–Kier alpha value is -2.06. The van der Waals surface area contributed by atoms with E-state index in [9.17, 15) is 0 Å². The number of aromatic nitrogens is 1. The van der Waals surface area contributed by atoms with E-state index in [4.69, 9.17) is 11.0 Å². The number of anilines is 3. The Labute approximate surface area is 97.4 Å². The smallest absolute Gasteiger partial charge is 0.189 e. The highest BCUT2D eigenvalue weighted by Crippen LogP contribution is 2.26. The van der Waals surface area contributed by atoms with Gasteiger partial charge in [0.05, 0.1) is 17.8 Å². The molecule has 0 aliphatic carbocycles. The van der Waals surface area contributed by atoms with E-state index in [-0.39, 0.29) is 0 Å². The van der Waals surface area contributed by atoms with Crippen molar-refractivity contribution in [2.24, 2.45) is 0 Å². The number of rotatable bonds is 2. The lowest BCUT2D eigenvalue weighted by Crippen LogP contribution is -1.92. The molecule has 1 aromatic heterocycles. The van der Waals surface area contributed by atoms with Crippen molar-refractivity contribution in [1.82, 2.24) is 4.98 Å². The predicted molar refractivity (Wildman–Crippen MR) is 65.7 cm³/mol. The average Bonchev–Trinajstić information content (AvgIpc) is 2.67. The fraction of sp³-hybridized carbons (Fsp3) is 0.0909. The fourth-order valence-electron chi connectivity index (χ4n) is 1.29. The van der Waals surface area contributed by atoms with Crippen LogP contribution in [0.5, 0.6) is 0 Å². The number of thiazole rings is 1. The van der Waals surface area contributed by atoms with Gasteiger partial charge >= 0.3 is 0 Å². The summed E-state index contributed by atoms with van der Waals surface area (Å²) < 4.78 is 0. The average molecular weight is 230 g/mol. The van der Waals surface area contributed by atoms with Crippen LogP contribution in [0.3, 0.4) is 0 Å². The second-order valence-corrected chi connectivity index (χ2v) is 4.40. The Bertz CT molecular complexity index is 553. The fourth-order valence-corrected chi connectivity index (χ4v) is 1.88. The molecule has 2 aromatic rings. The molecule has 4 nitrogen and oxygen atoms in total. The summed E-state index contributed by atoms with van der Waals surface area (Å²) in [5.74, 6) is 0. The van der Waals surface area contributed by atoms with Crippen molar-refractivity contribution in [2.45, 2.75) is 6.92 Å². The minimum absolute atomic E-state index is 0.623. The van der Waals surface area contributed by atoms with Crippen LogP contribution in [0.4, 0.5) is 15.8 Å². The van der Waals surface area contributed by atoms with Gasteiger partial charge in [-0.3, -0.25) is 0 Å². The maximum absolute atomic E-state index is 8.81. The van der Waals surface area contributed by atoms with E-state index >= 15 is 0 Å². The molecule has 0 unspecified atom stereocenters. The summed E-state index contributed by atoms with van der Waals surface area (Å²) in [6, 6.07) is 7.59. The van der Waals surface area contributed by atoms with Crippen molar-refractivity contribution >= 4 is 27.2 Å². The van der Waals surface area contributed by atoms with Gasteiger partial charge in [0.25, 0.3) is 0 Å². The van der Waals surface area contributed by atoms with E-state index in [2.05, 4.69) is 16.4 Å². The third-order valence-electron chi connectivity index (χ3n) is 2.13. The van der Waals surface area contributed by atoms with Crippen LogP contribution in [-0.2, 0) is 0 Å². The molecule has 0 aliphatic heterocycles. The first kappa shape index (κ1) is 10.5. The molecule has 0 saturated carbocycles. The summed E-state index contributed by atoms with van der Waals surface area (Å²) in [6.45, 7) is 1.97. The molecule has 0 bridgehead atoms. The van der Waals surface area contributed by atoms with Gasteiger partial charge in [0.1, 0.15) is 5.00 Å². The number of hydrogen-bond donors (Lipinski definition) is 2. The summed E-state index contributed by atoms with van der Waals surface area (Å²) in [7, 11) is 0. The molecule has 2 rings (SSSR count). The number of nitrogens with two attached hydrogens (primary N) is 1. The summed E-state index contributed by atoms with van der Waals surface area (Å²) in [5, 5.41) is 13.4. The maximum atomic E-state index is 8.81. The van der Waals surface area contributed by atoms with Gasteiger partial charge in [-0.15, -0.1) is 0 Å². The third kappa shape index (κ3) is 2.12. The lowest BCUT2D eigenvalue weighted by molar-refractivity contribution is 1.36. The van der Waals surface area contributed by atoms with E-state index in [1.165, 1.54) is 11.3 Å². The molecule has 3 N–H and O–H groups in total. The summed E-state index contributed by atoms with van der Waals surface area (Å²) >= 11 is 1.38. The largest absolute Gasteiger partial charge is 0.389 e. The van der Waals surface area contributed by atoms with Gasteiger partial charge in [-0.2, -0.15) is 5.26 Å². The molecule has 0 spiro atoms. The van der Waals surface area contributed by atoms with Gasteiger partial charge in [0.15, 0.2) is 5.13 Å². The Kier molecular flexibility index (Phi) is 2.75. The zero-order valence-electron chi connectivity index (χ0n) is 8.69. The van der Waals surface area contributed by atoms with Gasteiger partial charge in [0.2, 0.25) is 0 Å². The summed E-state index contributed by atoms with van der Waals surface area (Å²) in [4.78, 5) is 4.11. The third-order valence-corrected chi connectivity index (χ3v) is 2.87. The summed E-state index contributed by atoms with van der Waals surface area (Å²) in [5.41, 5.74) is 8.16. The van der Waals surface area contributed by atoms with Gasteiger partial charge in [-0.05, 0) is 24.6 Å². The normalized spacial score (nSPS) is 9.75. The van der Waals surface area contributed by atoms with Crippen LogP contribution >= 0.6 is 11.3 Å². The molecule has 0 aliphatic rings. The second-order valence-electron chi connectivity index (χ2n) is 3.33. The number of nitrogens with zero attached hydrogens (tertiary/aromatic N) is 2. The van der Waals surface area contributed by atoms with Crippen LogP contribution in [-0.4, -0.2) is 4.98 Å². The van der Waals surface area contributed by atoms with Gasteiger partial charge in [0, 0.05) is 5.69 Å². The van der Waals surface area contributed by atoms with Gasteiger partial charge < -0.3 is 11.1 Å². The quantitative estimate of drug-likeness (QED) is 0.831. The van der Waals surface area contributed by atoms with Crippen LogP contribution in [0.25, 0.3) is 0 Å². The highest BCUT2D eigenvalue weighted by molar-refractivity contribution is 7.19. The molecule has 0 radical (unpaired) electrons. The second kappa shape index (κ2) is 4.21. The minimum atomic E-state index is 0.623. The molecule has 5 heteroatoms. The van der Waals surface area contributed by atoms with E-state index in [1.807, 2.05) is 13.0 Å². The van der Waals surface area contributed by atoms with Crippen LogP contribution in [0, 0.1) is 18.3 Å². The van der Waals surface area contributed by atoms with Crippen molar-refractivity contribution in [3.8, 4) is 6.07 Å². The van der Waals surface area contributed by atoms with E-state index in [0.717, 1.165) is 16.4 Å². The topological polar surface area (TPSA) is 74.7 Å². The lowest BCUT2D eigenvalue weighted by atomic mass is 10.1. The monoisotopic (exact) mass is 230 g/mol. The van der Waals surface area contributed by atoms with Gasteiger partial charge in [-0.1, -0.05) is 17.4 Å². The Morgan fingerprint density at radius 3 is 2.94 bits per heavy atom. The first-order valence-corrected chi connectivity index (χ1v) is 5.50. The van der Waals surface area contributed by atoms with Crippen molar-refractivity contribution in [3.63, 3.8) is 0 Å². The van der Waals surface area contributed by atoms with Gasteiger partial charge in [-0.25, -0.2) is 4.98 Å². The first-order chi connectivity index (χ1) is 7.69. The van der Waals surface area contributed by atoms with Crippen LogP contribution < -0.4 is 11.1 Å². The van der Waals surface area contributed by atoms with Crippen LogP contribution in [0.2, 0.25) is 0 Å². The Morgan fingerprint density at radius 1 is 1.50 bits per heavy atom. The molecule has 16 heavy (non-hydrogen) atoms. The molecular weight excluding hydrogens is 220 g/mol. The standard InChI is InChI=1S/C11H10N4S/c1-7-2-3-8(5-12)4-9(7)15-11-14-6-10(13)16-11/h2-4,6H,13H2,1H3,(H,14,15). The molecule has 80 valence electrons. The zero-order chi connectivity index (χ0) is 11.5. The van der Waals surface area contributed by atoms with Crippen molar-refractivity contribution in [1.29, 1.82) is 5.26 Å². The minimum Gasteiger partial charge on any atom is -0.389 e. The molecule has 0 atom stereocenters. The van der Waals surface area contributed by atoms with Crippen molar-refractivity contribution in [2.75, 3.05) is 11.1 Å². The molecule has 1 aromatic carbocycles.